The second-order valence-electron chi connectivity index (χ2n) is 6.23. The van der Waals surface area contributed by atoms with Crippen LogP contribution >= 0.6 is 11.8 Å². The molecule has 1 fully saturated rings. The van der Waals surface area contributed by atoms with Crippen molar-refractivity contribution in [3.8, 4) is 0 Å². The number of nitrogens with zero attached hydrogens (tertiary/aromatic N) is 4. The third-order valence-electron chi connectivity index (χ3n) is 4.31. The number of carbonyl (C=O) groups is 1. The molecule has 9 heteroatoms. The minimum atomic E-state index is -2.63. The third kappa shape index (κ3) is 5.36. The fraction of sp³-hybridized carbons (Fsp3) is 0.389. The molecule has 0 aromatic carbocycles. The van der Waals surface area contributed by atoms with Crippen molar-refractivity contribution in [2.45, 2.75) is 17.3 Å². The van der Waals surface area contributed by atoms with Crippen LogP contribution in [0.1, 0.15) is 15.9 Å². The Bertz CT molecular complexity index is 767. The van der Waals surface area contributed by atoms with Gasteiger partial charge in [0.25, 0.3) is 11.7 Å². The molecule has 0 aliphatic carbocycles. The van der Waals surface area contributed by atoms with E-state index in [1.54, 1.807) is 12.3 Å². The molecule has 6 nitrogen and oxygen atoms in total. The van der Waals surface area contributed by atoms with Crippen molar-refractivity contribution in [2.75, 3.05) is 38.1 Å². The van der Waals surface area contributed by atoms with Crippen molar-refractivity contribution in [3.05, 3.63) is 47.8 Å². The monoisotopic (exact) mass is 393 g/mol. The second kappa shape index (κ2) is 9.09. The summed E-state index contributed by atoms with van der Waals surface area (Å²) in [4.78, 5) is 25.2. The van der Waals surface area contributed by atoms with Gasteiger partial charge in [-0.2, -0.15) is 8.78 Å². The number of pyridine rings is 2. The average Bonchev–Trinajstić information content (AvgIpc) is 2.67. The Hall–Kier alpha value is -2.26. The van der Waals surface area contributed by atoms with Crippen LogP contribution < -0.4 is 10.2 Å². The minimum Gasteiger partial charge on any atom is -0.354 e. The predicted octanol–water partition coefficient (Wildman–Crippen LogP) is 2.47. The molecule has 0 bridgehead atoms. The van der Waals surface area contributed by atoms with E-state index in [1.165, 1.54) is 12.3 Å². The molecule has 27 heavy (non-hydrogen) atoms. The zero-order chi connectivity index (χ0) is 19.2. The maximum atomic E-state index is 12.6. The van der Waals surface area contributed by atoms with Gasteiger partial charge < -0.3 is 15.1 Å². The number of anilines is 1. The Morgan fingerprint density at radius 1 is 1.22 bits per heavy atom. The number of aromatic nitrogens is 2. The van der Waals surface area contributed by atoms with E-state index in [2.05, 4.69) is 32.1 Å². The summed E-state index contributed by atoms with van der Waals surface area (Å²) in [5, 5.41) is 2.76. The Morgan fingerprint density at radius 2 is 2.00 bits per heavy atom. The molecular formula is C18H21F2N5OS. The van der Waals surface area contributed by atoms with Crippen LogP contribution in [0, 0.1) is 0 Å². The minimum absolute atomic E-state index is 0.0218. The van der Waals surface area contributed by atoms with E-state index in [4.69, 9.17) is 0 Å². The summed E-state index contributed by atoms with van der Waals surface area (Å²) >= 11 is 0.266. The number of amides is 1. The Balaban J connectivity index is 1.58. The molecule has 3 rings (SSSR count). The van der Waals surface area contributed by atoms with E-state index in [0.29, 0.717) is 0 Å². The van der Waals surface area contributed by atoms with Crippen molar-refractivity contribution >= 4 is 23.5 Å². The van der Waals surface area contributed by atoms with E-state index < -0.39 is 11.7 Å². The van der Waals surface area contributed by atoms with E-state index in [0.717, 1.165) is 37.6 Å². The van der Waals surface area contributed by atoms with Crippen LogP contribution in [0.5, 0.6) is 0 Å². The Morgan fingerprint density at radius 3 is 2.67 bits per heavy atom. The van der Waals surface area contributed by atoms with Gasteiger partial charge in [-0.25, -0.2) is 9.97 Å². The van der Waals surface area contributed by atoms with Gasteiger partial charge in [-0.05, 0) is 42.6 Å². The largest absolute Gasteiger partial charge is 0.354 e. The maximum absolute atomic E-state index is 12.6. The van der Waals surface area contributed by atoms with E-state index in [-0.39, 0.29) is 28.9 Å². The van der Waals surface area contributed by atoms with Gasteiger partial charge in [0.1, 0.15) is 10.8 Å². The third-order valence-corrected chi connectivity index (χ3v) is 5.03. The van der Waals surface area contributed by atoms with Crippen LogP contribution in [0.3, 0.4) is 0 Å². The summed E-state index contributed by atoms with van der Waals surface area (Å²) in [6, 6.07) is 6.90. The molecule has 2 aromatic rings. The highest BCUT2D eigenvalue weighted by atomic mass is 32.2. The average molecular weight is 393 g/mol. The number of hydrogen-bond donors (Lipinski definition) is 1. The zero-order valence-electron chi connectivity index (χ0n) is 14.9. The summed E-state index contributed by atoms with van der Waals surface area (Å²) in [6.45, 7) is 4.14. The normalized spacial score (nSPS) is 15.2. The van der Waals surface area contributed by atoms with Gasteiger partial charge in [0.05, 0.1) is 5.56 Å². The number of hydrogen-bond acceptors (Lipinski definition) is 6. The zero-order valence-corrected chi connectivity index (χ0v) is 15.8. The smallest absolute Gasteiger partial charge is 0.290 e. The van der Waals surface area contributed by atoms with Gasteiger partial charge in [-0.3, -0.25) is 4.79 Å². The predicted molar refractivity (Wildman–Crippen MR) is 101 cm³/mol. The summed E-state index contributed by atoms with van der Waals surface area (Å²) in [5.41, 5.74) is 0.984. The van der Waals surface area contributed by atoms with Crippen LogP contribution in [0.15, 0.2) is 41.7 Å². The first-order valence-corrected chi connectivity index (χ1v) is 9.47. The molecule has 1 amide bonds. The van der Waals surface area contributed by atoms with Gasteiger partial charge >= 0.3 is 0 Å². The van der Waals surface area contributed by atoms with Crippen LogP contribution in [-0.4, -0.2) is 59.8 Å². The molecule has 2 aromatic heterocycles. The number of nitrogens with one attached hydrogen (secondary N) is 1. The molecule has 1 N–H and O–H groups in total. The van der Waals surface area contributed by atoms with E-state index in [9.17, 15) is 13.6 Å². The lowest BCUT2D eigenvalue weighted by Crippen LogP contribution is -2.44. The number of likely N-dealkylation sites (N-methyl/N-ethyl adjacent to an activating group) is 1. The number of rotatable bonds is 6. The van der Waals surface area contributed by atoms with Crippen molar-refractivity contribution < 1.29 is 13.6 Å². The highest BCUT2D eigenvalue weighted by Crippen LogP contribution is 2.26. The van der Waals surface area contributed by atoms with Gasteiger partial charge in [-0.1, -0.05) is 6.07 Å². The van der Waals surface area contributed by atoms with Crippen LogP contribution in [0.4, 0.5) is 14.6 Å². The fourth-order valence-corrected chi connectivity index (χ4v) is 3.34. The summed E-state index contributed by atoms with van der Waals surface area (Å²) in [6.07, 6.45) is 3.12. The quantitative estimate of drug-likeness (QED) is 0.761. The first-order chi connectivity index (χ1) is 13.0. The molecule has 1 aliphatic heterocycles. The molecule has 3 heterocycles. The highest BCUT2D eigenvalue weighted by molar-refractivity contribution is 7.99. The summed E-state index contributed by atoms with van der Waals surface area (Å²) in [5.74, 6) is -2.15. The van der Waals surface area contributed by atoms with Gasteiger partial charge in [0, 0.05) is 45.1 Å². The van der Waals surface area contributed by atoms with Gasteiger partial charge in [0.15, 0.2) is 0 Å². The lowest BCUT2D eigenvalue weighted by Gasteiger charge is -2.33. The topological polar surface area (TPSA) is 61.4 Å². The van der Waals surface area contributed by atoms with Crippen LogP contribution in [0.2, 0.25) is 0 Å². The first kappa shape index (κ1) is 19.5. The Labute approximate surface area is 161 Å². The molecule has 0 spiro atoms. The molecule has 0 atom stereocenters. The van der Waals surface area contributed by atoms with E-state index in [1.807, 2.05) is 12.1 Å². The number of alkyl halides is 2. The lowest BCUT2D eigenvalue weighted by molar-refractivity contribution is 0.0947. The number of thioether (sulfide) groups is 1. The van der Waals surface area contributed by atoms with Crippen molar-refractivity contribution in [1.82, 2.24) is 20.2 Å². The Kier molecular flexibility index (Phi) is 6.57. The number of piperazine rings is 1. The number of carbonyl (C=O) groups excluding carboxylic acids is 1. The molecule has 1 aliphatic rings. The van der Waals surface area contributed by atoms with Crippen molar-refractivity contribution in [1.29, 1.82) is 0 Å². The summed E-state index contributed by atoms with van der Waals surface area (Å²) in [7, 11) is 2.10. The summed E-state index contributed by atoms with van der Waals surface area (Å²) < 4.78 is 25.2. The SMILES string of the molecule is CN1CCN(c2ccc(CNC(=O)c3cccnc3SC(F)F)cn2)CC1. The standard InChI is InChI=1S/C18H21F2N5OS/c1-24-7-9-25(10-8-24)15-5-4-13(11-22-15)12-23-16(26)14-3-2-6-21-17(14)27-18(19)20/h2-6,11,18H,7-10,12H2,1H3,(H,23,26). The number of halogens is 2. The molecular weight excluding hydrogens is 372 g/mol. The maximum Gasteiger partial charge on any atom is 0.290 e. The van der Waals surface area contributed by atoms with Crippen LogP contribution in [-0.2, 0) is 6.54 Å². The molecule has 0 unspecified atom stereocenters. The first-order valence-electron chi connectivity index (χ1n) is 8.59. The van der Waals surface area contributed by atoms with Crippen LogP contribution in [0.25, 0.3) is 0 Å². The molecule has 1 saturated heterocycles. The van der Waals surface area contributed by atoms with Gasteiger partial charge in [-0.15, -0.1) is 0 Å². The molecule has 0 radical (unpaired) electrons. The fourth-order valence-electron chi connectivity index (χ4n) is 2.76. The van der Waals surface area contributed by atoms with Crippen molar-refractivity contribution in [3.63, 3.8) is 0 Å². The van der Waals surface area contributed by atoms with Gasteiger partial charge in [0.2, 0.25) is 0 Å². The molecule has 144 valence electrons. The second-order valence-corrected chi connectivity index (χ2v) is 7.21. The molecule has 0 saturated carbocycles. The van der Waals surface area contributed by atoms with Crippen molar-refractivity contribution in [2.24, 2.45) is 0 Å². The lowest BCUT2D eigenvalue weighted by atomic mass is 10.2. The highest BCUT2D eigenvalue weighted by Gasteiger charge is 2.17. The van der Waals surface area contributed by atoms with E-state index >= 15 is 0 Å².